The van der Waals surface area contributed by atoms with Gasteiger partial charge in [-0.05, 0) is 37.5 Å². The van der Waals surface area contributed by atoms with Gasteiger partial charge in [0.1, 0.15) is 11.6 Å². The van der Waals surface area contributed by atoms with Crippen molar-refractivity contribution in [3.8, 4) is 5.75 Å². The van der Waals surface area contributed by atoms with Crippen LogP contribution in [0.1, 0.15) is 24.1 Å². The van der Waals surface area contributed by atoms with Gasteiger partial charge >= 0.3 is 0 Å². The van der Waals surface area contributed by atoms with E-state index in [0.717, 1.165) is 42.8 Å². The van der Waals surface area contributed by atoms with Crippen LogP contribution in [0.2, 0.25) is 0 Å². The second kappa shape index (κ2) is 6.64. The van der Waals surface area contributed by atoms with Crippen molar-refractivity contribution in [2.75, 3.05) is 30.4 Å². The lowest BCUT2D eigenvalue weighted by molar-refractivity contribution is 0.414. The third-order valence-corrected chi connectivity index (χ3v) is 3.86. The molecule has 0 radical (unpaired) electrons. The summed E-state index contributed by atoms with van der Waals surface area (Å²) in [6.07, 6.45) is 2.46. The lowest BCUT2D eigenvalue weighted by Gasteiger charge is -2.17. The van der Waals surface area contributed by atoms with Gasteiger partial charge in [0, 0.05) is 31.4 Å². The van der Waals surface area contributed by atoms with Crippen molar-refractivity contribution in [3.63, 3.8) is 0 Å². The van der Waals surface area contributed by atoms with E-state index in [1.165, 1.54) is 18.4 Å². The summed E-state index contributed by atoms with van der Waals surface area (Å²) in [5.74, 6) is 2.60. The number of nitrogens with zero attached hydrogens (tertiary/aromatic N) is 3. The molecule has 1 aromatic carbocycles. The first-order valence-corrected chi connectivity index (χ1v) is 7.72. The number of anilines is 2. The van der Waals surface area contributed by atoms with Crippen LogP contribution in [-0.2, 0) is 6.54 Å². The molecule has 0 saturated carbocycles. The fourth-order valence-electron chi connectivity index (χ4n) is 2.64. The van der Waals surface area contributed by atoms with Gasteiger partial charge < -0.3 is 15.0 Å². The van der Waals surface area contributed by atoms with Crippen molar-refractivity contribution in [3.05, 3.63) is 41.6 Å². The number of benzene rings is 1. The fraction of sp³-hybridized carbons (Fsp3) is 0.412. The summed E-state index contributed by atoms with van der Waals surface area (Å²) in [5.41, 5.74) is 2.19. The molecule has 0 amide bonds. The van der Waals surface area contributed by atoms with Gasteiger partial charge in [-0.25, -0.2) is 4.98 Å². The number of hydrogen-bond acceptors (Lipinski definition) is 5. The standard InChI is InChI=1S/C17H22N4O/c1-13-11-16(20-17(19-13)21-9-3-4-10-21)18-12-14-5-7-15(22-2)8-6-14/h5-8,11H,3-4,9-10,12H2,1-2H3,(H,18,19,20). The monoisotopic (exact) mass is 298 g/mol. The summed E-state index contributed by atoms with van der Waals surface area (Å²) in [6.45, 7) is 4.86. The molecule has 1 aliphatic heterocycles. The molecule has 2 aromatic rings. The van der Waals surface area contributed by atoms with E-state index < -0.39 is 0 Å². The van der Waals surface area contributed by atoms with E-state index in [1.54, 1.807) is 7.11 Å². The molecule has 1 aromatic heterocycles. The van der Waals surface area contributed by atoms with Gasteiger partial charge in [0.25, 0.3) is 0 Å². The molecule has 22 heavy (non-hydrogen) atoms. The number of aryl methyl sites for hydroxylation is 1. The Labute approximate surface area is 131 Å². The Hall–Kier alpha value is -2.30. The van der Waals surface area contributed by atoms with E-state index in [2.05, 4.69) is 32.3 Å². The second-order valence-electron chi connectivity index (χ2n) is 5.59. The molecule has 0 bridgehead atoms. The molecule has 3 rings (SSSR count). The molecule has 1 aliphatic rings. The zero-order valence-electron chi connectivity index (χ0n) is 13.2. The number of aromatic nitrogens is 2. The van der Waals surface area contributed by atoms with Crippen LogP contribution in [0, 0.1) is 6.92 Å². The number of ether oxygens (including phenoxy) is 1. The van der Waals surface area contributed by atoms with Crippen LogP contribution in [0.5, 0.6) is 5.75 Å². The molecule has 0 atom stereocenters. The maximum atomic E-state index is 5.17. The van der Waals surface area contributed by atoms with Gasteiger partial charge in [-0.2, -0.15) is 4.98 Å². The van der Waals surface area contributed by atoms with Crippen molar-refractivity contribution < 1.29 is 4.74 Å². The third kappa shape index (κ3) is 3.47. The molecule has 2 heterocycles. The smallest absolute Gasteiger partial charge is 0.227 e. The van der Waals surface area contributed by atoms with Crippen LogP contribution < -0.4 is 15.0 Å². The quantitative estimate of drug-likeness (QED) is 0.919. The highest BCUT2D eigenvalue weighted by atomic mass is 16.5. The normalized spacial score (nSPS) is 14.2. The second-order valence-corrected chi connectivity index (χ2v) is 5.59. The van der Waals surface area contributed by atoms with Gasteiger partial charge in [0.15, 0.2) is 0 Å². The Bertz CT molecular complexity index is 621. The summed E-state index contributed by atoms with van der Waals surface area (Å²) in [5, 5.41) is 3.38. The van der Waals surface area contributed by atoms with Crippen LogP contribution in [0.4, 0.5) is 11.8 Å². The summed E-state index contributed by atoms with van der Waals surface area (Å²) in [4.78, 5) is 11.5. The molecule has 0 aliphatic carbocycles. The number of methoxy groups -OCH3 is 1. The predicted octanol–water partition coefficient (Wildman–Crippen LogP) is 3.01. The first-order valence-electron chi connectivity index (χ1n) is 7.72. The van der Waals surface area contributed by atoms with Gasteiger partial charge in [-0.3, -0.25) is 0 Å². The Morgan fingerprint density at radius 3 is 2.55 bits per heavy atom. The minimum Gasteiger partial charge on any atom is -0.497 e. The molecule has 5 heteroatoms. The summed E-state index contributed by atoms with van der Waals surface area (Å²) in [6, 6.07) is 10.0. The predicted molar refractivity (Wildman–Crippen MR) is 88.5 cm³/mol. The van der Waals surface area contributed by atoms with Crippen molar-refractivity contribution >= 4 is 11.8 Å². The van der Waals surface area contributed by atoms with Crippen LogP contribution in [0.3, 0.4) is 0 Å². The topological polar surface area (TPSA) is 50.3 Å². The molecular formula is C17H22N4O. The lowest BCUT2D eigenvalue weighted by Crippen LogP contribution is -2.21. The Balaban J connectivity index is 1.68. The lowest BCUT2D eigenvalue weighted by atomic mass is 10.2. The molecule has 0 unspecified atom stereocenters. The average Bonchev–Trinajstić information content (AvgIpc) is 3.07. The van der Waals surface area contributed by atoms with Gasteiger partial charge in [-0.15, -0.1) is 0 Å². The van der Waals surface area contributed by atoms with Crippen LogP contribution in [-0.4, -0.2) is 30.2 Å². The van der Waals surface area contributed by atoms with E-state index in [0.29, 0.717) is 0 Å². The van der Waals surface area contributed by atoms with Crippen molar-refractivity contribution in [2.45, 2.75) is 26.3 Å². The fourth-order valence-corrected chi connectivity index (χ4v) is 2.64. The minimum absolute atomic E-state index is 0.736. The van der Waals surface area contributed by atoms with E-state index >= 15 is 0 Å². The number of nitrogens with one attached hydrogen (secondary N) is 1. The summed E-state index contributed by atoms with van der Waals surface area (Å²) >= 11 is 0. The first-order chi connectivity index (χ1) is 10.7. The van der Waals surface area contributed by atoms with Crippen LogP contribution in [0.15, 0.2) is 30.3 Å². The van der Waals surface area contributed by atoms with E-state index in [-0.39, 0.29) is 0 Å². The van der Waals surface area contributed by atoms with Gasteiger partial charge in [0.05, 0.1) is 7.11 Å². The number of hydrogen-bond donors (Lipinski definition) is 1. The van der Waals surface area contributed by atoms with Crippen molar-refractivity contribution in [1.82, 2.24) is 9.97 Å². The maximum Gasteiger partial charge on any atom is 0.227 e. The zero-order valence-corrected chi connectivity index (χ0v) is 13.2. The van der Waals surface area contributed by atoms with Gasteiger partial charge in [0.2, 0.25) is 5.95 Å². The third-order valence-electron chi connectivity index (χ3n) is 3.86. The highest BCUT2D eigenvalue weighted by Crippen LogP contribution is 2.19. The Kier molecular flexibility index (Phi) is 4.42. The van der Waals surface area contributed by atoms with Crippen molar-refractivity contribution in [2.24, 2.45) is 0 Å². The highest BCUT2D eigenvalue weighted by Gasteiger charge is 2.15. The summed E-state index contributed by atoms with van der Waals surface area (Å²) < 4.78 is 5.17. The molecule has 0 spiro atoms. The molecule has 1 N–H and O–H groups in total. The van der Waals surface area contributed by atoms with Crippen LogP contribution >= 0.6 is 0 Å². The average molecular weight is 298 g/mol. The zero-order chi connectivity index (χ0) is 15.4. The largest absolute Gasteiger partial charge is 0.497 e. The van der Waals surface area contributed by atoms with E-state index in [1.807, 2.05) is 25.1 Å². The van der Waals surface area contributed by atoms with Crippen molar-refractivity contribution in [1.29, 1.82) is 0 Å². The van der Waals surface area contributed by atoms with E-state index in [9.17, 15) is 0 Å². The first kappa shape index (κ1) is 14.6. The number of rotatable bonds is 5. The summed E-state index contributed by atoms with van der Waals surface area (Å²) in [7, 11) is 1.68. The maximum absolute atomic E-state index is 5.17. The van der Waals surface area contributed by atoms with Gasteiger partial charge in [-0.1, -0.05) is 12.1 Å². The molecule has 1 saturated heterocycles. The minimum atomic E-state index is 0.736. The molecular weight excluding hydrogens is 276 g/mol. The molecule has 1 fully saturated rings. The Morgan fingerprint density at radius 1 is 1.14 bits per heavy atom. The molecule has 116 valence electrons. The molecule has 5 nitrogen and oxygen atoms in total. The van der Waals surface area contributed by atoms with Crippen LogP contribution in [0.25, 0.3) is 0 Å². The van der Waals surface area contributed by atoms with E-state index in [4.69, 9.17) is 4.74 Å². The highest BCUT2D eigenvalue weighted by molar-refractivity contribution is 5.44. The SMILES string of the molecule is COc1ccc(CNc2cc(C)nc(N3CCCC3)n2)cc1. The Morgan fingerprint density at radius 2 is 1.86 bits per heavy atom.